The second-order valence-electron chi connectivity index (χ2n) is 7.01. The molecule has 2 aromatic rings. The third kappa shape index (κ3) is 3.91. The molecule has 0 aromatic heterocycles. The standard InChI is InChI=1S/C22H21FN2O3S/c1-12(2)15-10-14(13(3)9-19(15)28-4)11-16-20(26)24-22(29)25(21(16)27)18-8-6-5-7-17(18)23/h5-12H,1-4H3,(H,24,26,29)/b16-11-. The number of thiocarbonyl (C=S) groups is 1. The molecule has 1 N–H and O–H groups in total. The second kappa shape index (κ2) is 8.13. The van der Waals surface area contributed by atoms with Gasteiger partial charge in [-0.25, -0.2) is 9.29 Å². The Balaban J connectivity index is 2.10. The molecule has 2 aromatic carbocycles. The maximum Gasteiger partial charge on any atom is 0.270 e. The Kier molecular flexibility index (Phi) is 5.79. The number of halogens is 1. The minimum Gasteiger partial charge on any atom is -0.496 e. The number of para-hydroxylation sites is 1. The van der Waals surface area contributed by atoms with Crippen LogP contribution in [0.5, 0.6) is 5.75 Å². The maximum absolute atomic E-state index is 14.3. The van der Waals surface area contributed by atoms with Crippen molar-refractivity contribution in [2.75, 3.05) is 12.0 Å². The molecule has 0 atom stereocenters. The first-order chi connectivity index (χ1) is 13.7. The van der Waals surface area contributed by atoms with E-state index in [9.17, 15) is 14.0 Å². The number of methoxy groups -OCH3 is 1. The van der Waals surface area contributed by atoms with E-state index in [2.05, 4.69) is 5.32 Å². The number of rotatable bonds is 4. The van der Waals surface area contributed by atoms with Crippen molar-refractivity contribution in [3.8, 4) is 5.75 Å². The summed E-state index contributed by atoms with van der Waals surface area (Å²) in [6.45, 7) is 5.92. The van der Waals surface area contributed by atoms with Gasteiger partial charge < -0.3 is 4.74 Å². The van der Waals surface area contributed by atoms with E-state index in [0.29, 0.717) is 5.56 Å². The molecule has 7 heteroatoms. The van der Waals surface area contributed by atoms with Gasteiger partial charge in [0.1, 0.15) is 17.1 Å². The first-order valence-corrected chi connectivity index (χ1v) is 9.50. The Morgan fingerprint density at radius 1 is 1.21 bits per heavy atom. The lowest BCUT2D eigenvalue weighted by atomic mass is 9.95. The molecule has 0 spiro atoms. The highest BCUT2D eigenvalue weighted by Gasteiger charge is 2.35. The third-order valence-corrected chi connectivity index (χ3v) is 5.02. The summed E-state index contributed by atoms with van der Waals surface area (Å²) in [5.41, 5.74) is 2.36. The molecule has 1 fully saturated rings. The van der Waals surface area contributed by atoms with Gasteiger partial charge in [0.05, 0.1) is 12.8 Å². The summed E-state index contributed by atoms with van der Waals surface area (Å²) in [6.07, 6.45) is 1.51. The zero-order chi connectivity index (χ0) is 21.3. The van der Waals surface area contributed by atoms with E-state index in [0.717, 1.165) is 21.8 Å². The molecule has 150 valence electrons. The maximum atomic E-state index is 14.3. The van der Waals surface area contributed by atoms with Crippen LogP contribution in [0.15, 0.2) is 42.0 Å². The number of carbonyl (C=O) groups is 2. The average molecular weight is 412 g/mol. The number of anilines is 1. The summed E-state index contributed by atoms with van der Waals surface area (Å²) in [4.78, 5) is 26.6. The van der Waals surface area contributed by atoms with Crippen molar-refractivity contribution in [1.82, 2.24) is 5.32 Å². The summed E-state index contributed by atoms with van der Waals surface area (Å²) in [7, 11) is 1.60. The lowest BCUT2D eigenvalue weighted by molar-refractivity contribution is -0.122. The van der Waals surface area contributed by atoms with Crippen LogP contribution >= 0.6 is 12.2 Å². The number of ether oxygens (including phenoxy) is 1. The summed E-state index contributed by atoms with van der Waals surface area (Å²) in [5, 5.41) is 2.32. The normalized spacial score (nSPS) is 15.9. The van der Waals surface area contributed by atoms with Gasteiger partial charge in [0.2, 0.25) is 0 Å². The molecule has 1 aliphatic rings. The van der Waals surface area contributed by atoms with E-state index in [4.69, 9.17) is 17.0 Å². The van der Waals surface area contributed by atoms with E-state index in [1.54, 1.807) is 13.2 Å². The number of nitrogens with one attached hydrogen (secondary N) is 1. The van der Waals surface area contributed by atoms with Gasteiger partial charge in [0.25, 0.3) is 11.8 Å². The molecule has 0 saturated carbocycles. The quantitative estimate of drug-likeness (QED) is 0.467. The minimum absolute atomic E-state index is 0.0114. The fourth-order valence-electron chi connectivity index (χ4n) is 3.16. The predicted molar refractivity (Wildman–Crippen MR) is 114 cm³/mol. The number of hydrogen-bond acceptors (Lipinski definition) is 4. The van der Waals surface area contributed by atoms with E-state index < -0.39 is 17.6 Å². The first kappa shape index (κ1) is 20.7. The molecular weight excluding hydrogens is 391 g/mol. The van der Waals surface area contributed by atoms with Gasteiger partial charge in [0.15, 0.2) is 5.11 Å². The summed E-state index contributed by atoms with van der Waals surface area (Å²) in [6, 6.07) is 9.53. The topological polar surface area (TPSA) is 58.6 Å². The zero-order valence-corrected chi connectivity index (χ0v) is 17.4. The lowest BCUT2D eigenvalue weighted by Crippen LogP contribution is -2.54. The third-order valence-electron chi connectivity index (χ3n) is 4.74. The van der Waals surface area contributed by atoms with E-state index in [1.807, 2.05) is 32.9 Å². The molecule has 0 unspecified atom stereocenters. The highest BCUT2D eigenvalue weighted by molar-refractivity contribution is 7.80. The van der Waals surface area contributed by atoms with Gasteiger partial charge in [-0.3, -0.25) is 14.9 Å². The molecule has 0 radical (unpaired) electrons. The highest BCUT2D eigenvalue weighted by atomic mass is 32.1. The first-order valence-electron chi connectivity index (χ1n) is 9.09. The van der Waals surface area contributed by atoms with Crippen LogP contribution < -0.4 is 15.0 Å². The number of carbonyl (C=O) groups excluding carboxylic acids is 2. The molecular formula is C22H21FN2O3S. The minimum atomic E-state index is -0.676. The highest BCUT2D eigenvalue weighted by Crippen LogP contribution is 2.31. The predicted octanol–water partition coefficient (Wildman–Crippen LogP) is 4.10. The number of aryl methyl sites for hydroxylation is 1. The van der Waals surface area contributed by atoms with Gasteiger partial charge in [-0.05, 0) is 72.1 Å². The Morgan fingerprint density at radius 3 is 2.52 bits per heavy atom. The van der Waals surface area contributed by atoms with Crippen LogP contribution in [0.1, 0.15) is 36.5 Å². The van der Waals surface area contributed by atoms with Crippen LogP contribution in [0.2, 0.25) is 0 Å². The Morgan fingerprint density at radius 2 is 1.90 bits per heavy atom. The molecule has 1 saturated heterocycles. The summed E-state index contributed by atoms with van der Waals surface area (Å²) in [5.74, 6) is -0.977. The van der Waals surface area contributed by atoms with Crippen molar-refractivity contribution >= 4 is 40.9 Å². The molecule has 29 heavy (non-hydrogen) atoms. The Bertz CT molecular complexity index is 1050. The van der Waals surface area contributed by atoms with Gasteiger partial charge in [0, 0.05) is 0 Å². The van der Waals surface area contributed by atoms with Crippen molar-refractivity contribution in [2.45, 2.75) is 26.7 Å². The van der Waals surface area contributed by atoms with Crippen molar-refractivity contribution in [2.24, 2.45) is 0 Å². The van der Waals surface area contributed by atoms with Gasteiger partial charge >= 0.3 is 0 Å². The summed E-state index contributed by atoms with van der Waals surface area (Å²) < 4.78 is 19.7. The fraction of sp³-hybridized carbons (Fsp3) is 0.227. The van der Waals surface area contributed by atoms with E-state index in [1.165, 1.54) is 24.3 Å². The smallest absolute Gasteiger partial charge is 0.270 e. The van der Waals surface area contributed by atoms with Crippen molar-refractivity contribution in [3.05, 3.63) is 64.5 Å². The monoisotopic (exact) mass is 412 g/mol. The van der Waals surface area contributed by atoms with Crippen molar-refractivity contribution in [1.29, 1.82) is 0 Å². The second-order valence-corrected chi connectivity index (χ2v) is 7.40. The van der Waals surface area contributed by atoms with Crippen molar-refractivity contribution in [3.63, 3.8) is 0 Å². The summed E-state index contributed by atoms with van der Waals surface area (Å²) >= 11 is 5.12. The lowest BCUT2D eigenvalue weighted by Gasteiger charge is -2.29. The van der Waals surface area contributed by atoms with E-state index in [-0.39, 0.29) is 22.3 Å². The van der Waals surface area contributed by atoms with Crippen LogP contribution in [0.3, 0.4) is 0 Å². The number of amides is 2. The van der Waals surface area contributed by atoms with Gasteiger partial charge in [-0.2, -0.15) is 0 Å². The molecule has 2 amide bonds. The molecule has 0 bridgehead atoms. The van der Waals surface area contributed by atoms with E-state index >= 15 is 0 Å². The molecule has 3 rings (SSSR count). The molecule has 1 aliphatic heterocycles. The number of benzene rings is 2. The van der Waals surface area contributed by atoms with Gasteiger partial charge in [-0.15, -0.1) is 0 Å². The average Bonchev–Trinajstić information content (AvgIpc) is 2.66. The fourth-order valence-corrected chi connectivity index (χ4v) is 3.44. The van der Waals surface area contributed by atoms with Gasteiger partial charge in [-0.1, -0.05) is 26.0 Å². The van der Waals surface area contributed by atoms with Crippen molar-refractivity contribution < 1.29 is 18.7 Å². The molecule has 1 heterocycles. The van der Waals surface area contributed by atoms with Crippen LogP contribution in [0.4, 0.5) is 10.1 Å². The SMILES string of the molecule is COc1cc(C)c(/C=C2/C(=O)NC(=S)N(c3ccccc3F)C2=O)cc1C(C)C. The van der Waals surface area contributed by atoms with Crippen LogP contribution in [-0.2, 0) is 9.59 Å². The number of hydrogen-bond donors (Lipinski definition) is 1. The zero-order valence-electron chi connectivity index (χ0n) is 16.6. The molecule has 0 aliphatic carbocycles. The van der Waals surface area contributed by atoms with Crippen LogP contribution in [-0.4, -0.2) is 24.0 Å². The number of nitrogens with zero attached hydrogens (tertiary/aromatic N) is 1. The van der Waals surface area contributed by atoms with Crippen LogP contribution in [0, 0.1) is 12.7 Å². The largest absolute Gasteiger partial charge is 0.496 e. The Labute approximate surface area is 174 Å². The Hall–Kier alpha value is -3.06. The van der Waals surface area contributed by atoms with Crippen LogP contribution in [0.25, 0.3) is 6.08 Å². The molecule has 5 nitrogen and oxygen atoms in total.